The van der Waals surface area contributed by atoms with Gasteiger partial charge in [0.25, 0.3) is 10.0 Å². The molecule has 3 aliphatic carbocycles. The van der Waals surface area contributed by atoms with Crippen molar-refractivity contribution in [2.75, 3.05) is 7.11 Å². The van der Waals surface area contributed by atoms with Crippen LogP contribution in [0.1, 0.15) is 61.3 Å². The summed E-state index contributed by atoms with van der Waals surface area (Å²) in [6.45, 7) is 18.5. The van der Waals surface area contributed by atoms with Gasteiger partial charge in [0, 0.05) is 42.3 Å². The number of hydrogen-bond acceptors (Lipinski definition) is 11. The molecule has 1 amide bonds. The predicted octanol–water partition coefficient (Wildman–Crippen LogP) is 6.80. The first kappa shape index (κ1) is 42.1. The number of nitrogens with one attached hydrogen (secondary N) is 1. The predicted molar refractivity (Wildman–Crippen MR) is 211 cm³/mol. The van der Waals surface area contributed by atoms with E-state index in [2.05, 4.69) is 44.7 Å². The fourth-order valence-corrected chi connectivity index (χ4v) is 11.4. The second-order valence-corrected chi connectivity index (χ2v) is 23.9. The number of rotatable bonds is 9. The Balaban J connectivity index is 1.43. The third-order valence-electron chi connectivity index (χ3n) is 12.9. The molecule has 12 atom stereocenters. The molecule has 0 radical (unpaired) electrons. The van der Waals surface area contributed by atoms with E-state index in [9.17, 15) is 22.8 Å². The van der Waals surface area contributed by atoms with E-state index < -0.39 is 102 Å². The lowest BCUT2D eigenvalue weighted by Gasteiger charge is -2.49. The van der Waals surface area contributed by atoms with E-state index in [4.69, 9.17) is 28.1 Å². The minimum atomic E-state index is -4.28. The van der Waals surface area contributed by atoms with Crippen LogP contribution in [0.15, 0.2) is 82.8 Å². The lowest BCUT2D eigenvalue weighted by molar-refractivity contribution is -0.172. The smallest absolute Gasteiger partial charge is 0.421 e. The Morgan fingerprint density at radius 1 is 1.05 bits per heavy atom. The van der Waals surface area contributed by atoms with Crippen molar-refractivity contribution in [1.82, 2.24) is 4.72 Å². The molecule has 2 aliphatic heterocycles. The summed E-state index contributed by atoms with van der Waals surface area (Å²) in [5.74, 6) is -3.43. The number of sulfonamides is 1. The molecule has 5 aliphatic rings. The Labute approximate surface area is 332 Å². The molecule has 2 fully saturated rings. The van der Waals surface area contributed by atoms with Gasteiger partial charge in [0.1, 0.15) is 30.0 Å². The lowest BCUT2D eigenvalue weighted by atomic mass is 9.57. The number of hydrogen-bond donors (Lipinski definition) is 1. The van der Waals surface area contributed by atoms with Crippen LogP contribution in [0.2, 0.25) is 18.1 Å². The monoisotopic (exact) mass is 811 g/mol. The van der Waals surface area contributed by atoms with Crippen LogP contribution in [0.5, 0.6) is 0 Å². The summed E-state index contributed by atoms with van der Waals surface area (Å²) >= 11 is 0. The van der Waals surface area contributed by atoms with Gasteiger partial charge in [0.05, 0.1) is 11.0 Å². The average Bonchev–Trinajstić information content (AvgIpc) is 3.72. The second-order valence-electron chi connectivity index (χ2n) is 17.5. The molecule has 14 heteroatoms. The zero-order chi connectivity index (χ0) is 41.0. The molecule has 0 aromatic heterocycles. The third-order valence-corrected chi connectivity index (χ3v) is 18.8. The molecule has 1 saturated heterocycles. The van der Waals surface area contributed by atoms with Crippen molar-refractivity contribution >= 4 is 36.4 Å². The molecular formula is C42H57NO11SSi. The molecule has 2 heterocycles. The van der Waals surface area contributed by atoms with Gasteiger partial charge in [0.2, 0.25) is 0 Å². The summed E-state index contributed by atoms with van der Waals surface area (Å²) in [6.07, 6.45) is 6.26. The molecule has 12 nitrogen and oxygen atoms in total. The Morgan fingerprint density at radius 3 is 2.38 bits per heavy atom. The van der Waals surface area contributed by atoms with E-state index in [0.29, 0.717) is 12.0 Å². The summed E-state index contributed by atoms with van der Waals surface area (Å²) < 4.78 is 67.2. The summed E-state index contributed by atoms with van der Waals surface area (Å²) in [7, 11) is -5.09. The van der Waals surface area contributed by atoms with Crippen molar-refractivity contribution in [1.29, 1.82) is 0 Å². The van der Waals surface area contributed by atoms with Crippen molar-refractivity contribution in [3.8, 4) is 0 Å². The Bertz CT molecular complexity index is 1920. The van der Waals surface area contributed by atoms with Crippen LogP contribution in [0.4, 0.5) is 4.79 Å². The highest BCUT2D eigenvalue weighted by Gasteiger charge is 2.70. The lowest BCUT2D eigenvalue weighted by Crippen LogP contribution is -2.59. The summed E-state index contributed by atoms with van der Waals surface area (Å²) in [5, 5.41) is -0.0840. The molecule has 1 aromatic rings. The Hall–Kier alpha value is -3.56. The fourth-order valence-electron chi connectivity index (χ4n) is 9.06. The van der Waals surface area contributed by atoms with Crippen LogP contribution in [-0.4, -0.2) is 84.1 Å². The van der Waals surface area contributed by atoms with Crippen LogP contribution in [-0.2, 0) is 47.7 Å². The standard InChI is InChI=1S/C42H57NO11SSi/c1-24-22-25(2)42-29(23-32(49-8)39(45)50-34(24)27(4)54-56(9,10)41(5,6)7)20-21-31-33(42)35(52-40(46)43-55(47,48)30-18-12-11-13-19-30)26(3)36(37(31)53-42)51-38(44)28-16-14-15-17-28/h11-16,18-22,24,26-27,29,31-37H,17,23H2,1-10H3,(H,43,46)/b25-22+/t24-,26-,27-,29?,31-,32+,33+,34+,35-,36-,37-,42+/m1/s1. The zero-order valence-electron chi connectivity index (χ0n) is 34.0. The van der Waals surface area contributed by atoms with Gasteiger partial charge in [-0.15, -0.1) is 0 Å². The van der Waals surface area contributed by atoms with Crippen molar-refractivity contribution in [3.05, 3.63) is 77.9 Å². The molecule has 1 saturated carbocycles. The fraction of sp³-hybridized carbons (Fsp3) is 0.595. The molecule has 306 valence electrons. The van der Waals surface area contributed by atoms with Gasteiger partial charge < -0.3 is 28.1 Å². The molecule has 4 bridgehead atoms. The minimum Gasteiger partial charge on any atom is -0.457 e. The molecule has 1 aromatic carbocycles. The number of carbonyl (C=O) groups excluding carboxylic acids is 3. The van der Waals surface area contributed by atoms with Gasteiger partial charge >= 0.3 is 18.0 Å². The molecule has 1 N–H and O–H groups in total. The molecule has 1 spiro atoms. The van der Waals surface area contributed by atoms with E-state index in [1.54, 1.807) is 30.4 Å². The highest BCUT2D eigenvalue weighted by Crippen LogP contribution is 2.62. The summed E-state index contributed by atoms with van der Waals surface area (Å²) in [5.41, 5.74) is 0.136. The molecular weight excluding hydrogens is 755 g/mol. The van der Waals surface area contributed by atoms with E-state index in [1.807, 2.05) is 45.9 Å². The van der Waals surface area contributed by atoms with Crippen LogP contribution in [0, 0.1) is 29.6 Å². The minimum absolute atomic E-state index is 0.0840. The van der Waals surface area contributed by atoms with Crippen molar-refractivity contribution < 1.29 is 50.9 Å². The second kappa shape index (κ2) is 15.7. The van der Waals surface area contributed by atoms with Crippen LogP contribution < -0.4 is 4.72 Å². The first-order chi connectivity index (χ1) is 26.2. The number of carbonyl (C=O) groups is 3. The van der Waals surface area contributed by atoms with Gasteiger partial charge in [0.15, 0.2) is 14.4 Å². The Morgan fingerprint density at radius 2 is 1.75 bits per heavy atom. The average molecular weight is 812 g/mol. The van der Waals surface area contributed by atoms with Crippen molar-refractivity contribution in [2.24, 2.45) is 29.6 Å². The number of methoxy groups -OCH3 is 1. The molecule has 56 heavy (non-hydrogen) atoms. The molecule has 1 unspecified atom stereocenters. The Kier molecular flexibility index (Phi) is 11.8. The van der Waals surface area contributed by atoms with Crippen LogP contribution >= 0.6 is 0 Å². The quantitative estimate of drug-likeness (QED) is 0.121. The first-order valence-corrected chi connectivity index (χ1v) is 23.9. The van der Waals surface area contributed by atoms with Crippen LogP contribution in [0.25, 0.3) is 0 Å². The van der Waals surface area contributed by atoms with Gasteiger partial charge in [-0.1, -0.05) is 89.3 Å². The number of cyclic esters (lactones) is 1. The maximum absolute atomic E-state index is 14.0. The van der Waals surface area contributed by atoms with E-state index in [1.165, 1.54) is 19.2 Å². The third kappa shape index (κ3) is 7.71. The van der Waals surface area contributed by atoms with Gasteiger partial charge in [-0.05, 0) is 62.5 Å². The molecule has 6 rings (SSSR count). The highest BCUT2D eigenvalue weighted by molar-refractivity contribution is 7.90. The normalized spacial score (nSPS) is 35.6. The van der Waals surface area contributed by atoms with Crippen LogP contribution in [0.3, 0.4) is 0 Å². The number of benzene rings is 1. The number of amides is 1. The topological polar surface area (TPSA) is 153 Å². The van der Waals surface area contributed by atoms with Gasteiger partial charge in [-0.3, -0.25) is 0 Å². The van der Waals surface area contributed by atoms with Crippen molar-refractivity contribution in [3.63, 3.8) is 0 Å². The largest absolute Gasteiger partial charge is 0.457 e. The maximum Gasteiger partial charge on any atom is 0.421 e. The number of esters is 2. The van der Waals surface area contributed by atoms with Crippen molar-refractivity contribution in [2.45, 2.75) is 127 Å². The maximum atomic E-state index is 14.0. The highest BCUT2D eigenvalue weighted by atomic mass is 32.2. The zero-order valence-corrected chi connectivity index (χ0v) is 35.8. The van der Waals surface area contributed by atoms with E-state index >= 15 is 0 Å². The number of allylic oxidation sites excluding steroid dienone is 3. The van der Waals surface area contributed by atoms with Gasteiger partial charge in [-0.2, -0.15) is 0 Å². The first-order valence-electron chi connectivity index (χ1n) is 19.5. The van der Waals surface area contributed by atoms with Gasteiger partial charge in [-0.25, -0.2) is 27.5 Å². The summed E-state index contributed by atoms with van der Waals surface area (Å²) in [6, 6.07) is 7.56. The summed E-state index contributed by atoms with van der Waals surface area (Å²) in [4.78, 5) is 41.2. The SMILES string of the molecule is CO[C@H]1CC2C=C[C@H]3[C@H]4O[C@]2(/C(C)=C/[C@@H](C)[C@@H]([C@@H](C)O[Si](C)(C)C(C)(C)C)OC1=O)[C@@H]3[C@H](OC(=O)NS(=O)(=O)c1ccccc1)[C@@H](C)[C@H]4OC(=O)C1=CC=CC1. The van der Waals surface area contributed by atoms with E-state index in [0.717, 1.165) is 5.57 Å². The van der Waals surface area contributed by atoms with E-state index in [-0.39, 0.29) is 22.3 Å². The number of ether oxygens (including phenoxy) is 5.